The minimum Gasteiger partial charge on any atom is -0.372 e. The number of hydrogen-bond acceptors (Lipinski definition) is 2. The highest BCUT2D eigenvalue weighted by molar-refractivity contribution is 5.18. The lowest BCUT2D eigenvalue weighted by molar-refractivity contribution is -0.0192. The Morgan fingerprint density at radius 2 is 2.05 bits per heavy atom. The fourth-order valence-electron chi connectivity index (χ4n) is 3.22. The minimum absolute atomic E-state index is 0.101. The van der Waals surface area contributed by atoms with Crippen molar-refractivity contribution in [2.45, 2.75) is 77.0 Å². The standard InChI is InChI=1S/C19H31NO/c1-4-15-20-18(16-9-6-5-7-10-16)12-8-11-17-13-14-19(2,3)21-17/h5-7,9-10,17-18,20H,4,8,11-15H2,1-3H3. The first-order valence-corrected chi connectivity index (χ1v) is 8.57. The third-order valence-electron chi connectivity index (χ3n) is 4.42. The van der Waals surface area contributed by atoms with E-state index in [4.69, 9.17) is 4.74 Å². The van der Waals surface area contributed by atoms with E-state index >= 15 is 0 Å². The number of hydrogen-bond donors (Lipinski definition) is 1. The zero-order chi connectivity index (χ0) is 15.1. The van der Waals surface area contributed by atoms with Crippen LogP contribution < -0.4 is 5.32 Å². The molecule has 2 heteroatoms. The van der Waals surface area contributed by atoms with Crippen LogP contribution >= 0.6 is 0 Å². The molecule has 1 aliphatic heterocycles. The van der Waals surface area contributed by atoms with E-state index in [0.717, 1.165) is 6.54 Å². The van der Waals surface area contributed by atoms with Crippen molar-refractivity contribution in [3.63, 3.8) is 0 Å². The summed E-state index contributed by atoms with van der Waals surface area (Å²) in [6, 6.07) is 11.3. The molecule has 2 nitrogen and oxygen atoms in total. The van der Waals surface area contributed by atoms with Gasteiger partial charge in [-0.05, 0) is 64.5 Å². The molecule has 1 saturated heterocycles. The quantitative estimate of drug-likeness (QED) is 0.738. The van der Waals surface area contributed by atoms with Crippen molar-refractivity contribution in [3.8, 4) is 0 Å². The molecule has 1 N–H and O–H groups in total. The summed E-state index contributed by atoms with van der Waals surface area (Å²) in [5, 5.41) is 3.69. The fraction of sp³-hybridized carbons (Fsp3) is 0.684. The number of benzene rings is 1. The van der Waals surface area contributed by atoms with Gasteiger partial charge in [0.2, 0.25) is 0 Å². The van der Waals surface area contributed by atoms with E-state index in [0.29, 0.717) is 12.1 Å². The fourth-order valence-corrected chi connectivity index (χ4v) is 3.22. The predicted octanol–water partition coefficient (Wildman–Crippen LogP) is 4.86. The number of ether oxygens (including phenoxy) is 1. The maximum absolute atomic E-state index is 6.10. The Labute approximate surface area is 130 Å². The lowest BCUT2D eigenvalue weighted by Gasteiger charge is -2.21. The summed E-state index contributed by atoms with van der Waals surface area (Å²) in [7, 11) is 0. The molecule has 2 rings (SSSR count). The molecule has 0 aromatic heterocycles. The first-order valence-electron chi connectivity index (χ1n) is 8.57. The first kappa shape index (κ1) is 16.5. The highest BCUT2D eigenvalue weighted by Crippen LogP contribution is 2.32. The Kier molecular flexibility index (Phi) is 6.25. The molecule has 0 spiro atoms. The molecular weight excluding hydrogens is 258 g/mol. The van der Waals surface area contributed by atoms with Crippen LogP contribution in [0.3, 0.4) is 0 Å². The van der Waals surface area contributed by atoms with Crippen LogP contribution in [0.1, 0.15) is 70.9 Å². The third-order valence-corrected chi connectivity index (χ3v) is 4.42. The summed E-state index contributed by atoms with van der Waals surface area (Å²) in [5.74, 6) is 0. The zero-order valence-corrected chi connectivity index (χ0v) is 13.9. The maximum Gasteiger partial charge on any atom is 0.0631 e. The van der Waals surface area contributed by atoms with E-state index in [1.54, 1.807) is 0 Å². The largest absolute Gasteiger partial charge is 0.372 e. The normalized spacial score (nSPS) is 22.3. The average Bonchev–Trinajstić information content (AvgIpc) is 2.83. The third kappa shape index (κ3) is 5.44. The van der Waals surface area contributed by atoms with Gasteiger partial charge in [0.05, 0.1) is 11.7 Å². The number of rotatable bonds is 8. The summed E-state index contributed by atoms with van der Waals surface area (Å²) >= 11 is 0. The predicted molar refractivity (Wildman–Crippen MR) is 89.5 cm³/mol. The molecule has 21 heavy (non-hydrogen) atoms. The first-order chi connectivity index (χ1) is 10.1. The van der Waals surface area contributed by atoms with Gasteiger partial charge >= 0.3 is 0 Å². The summed E-state index contributed by atoms with van der Waals surface area (Å²) in [6.45, 7) is 7.74. The van der Waals surface area contributed by atoms with Gasteiger partial charge in [-0.2, -0.15) is 0 Å². The van der Waals surface area contributed by atoms with Crippen molar-refractivity contribution >= 4 is 0 Å². The van der Waals surface area contributed by atoms with Crippen LogP contribution in [0.2, 0.25) is 0 Å². The lowest BCUT2D eigenvalue weighted by atomic mass is 9.98. The highest BCUT2D eigenvalue weighted by Gasteiger charge is 2.31. The van der Waals surface area contributed by atoms with E-state index in [-0.39, 0.29) is 5.60 Å². The van der Waals surface area contributed by atoms with Crippen LogP contribution in [0.5, 0.6) is 0 Å². The second-order valence-electron chi connectivity index (χ2n) is 6.89. The molecule has 1 fully saturated rings. The van der Waals surface area contributed by atoms with Gasteiger partial charge in [-0.3, -0.25) is 0 Å². The molecule has 1 aromatic rings. The van der Waals surface area contributed by atoms with Crippen molar-refractivity contribution in [2.24, 2.45) is 0 Å². The average molecular weight is 289 g/mol. The zero-order valence-electron chi connectivity index (χ0n) is 13.9. The molecule has 0 saturated carbocycles. The van der Waals surface area contributed by atoms with Crippen LogP contribution in [-0.2, 0) is 4.74 Å². The molecule has 0 bridgehead atoms. The summed E-state index contributed by atoms with van der Waals surface area (Å²) in [6.07, 6.45) is 7.72. The van der Waals surface area contributed by atoms with Crippen LogP contribution in [0, 0.1) is 0 Å². The van der Waals surface area contributed by atoms with Crippen molar-refractivity contribution in [1.29, 1.82) is 0 Å². The molecular formula is C19H31NO. The Bertz CT molecular complexity index is 401. The van der Waals surface area contributed by atoms with Gasteiger partial charge in [-0.25, -0.2) is 0 Å². The molecule has 0 aliphatic carbocycles. The van der Waals surface area contributed by atoms with Crippen LogP contribution in [0.15, 0.2) is 30.3 Å². The number of nitrogens with one attached hydrogen (secondary N) is 1. The van der Waals surface area contributed by atoms with Gasteiger partial charge in [0.25, 0.3) is 0 Å². The Morgan fingerprint density at radius 1 is 1.29 bits per heavy atom. The molecule has 118 valence electrons. The molecule has 2 unspecified atom stereocenters. The molecule has 0 amide bonds. The van der Waals surface area contributed by atoms with Crippen molar-refractivity contribution in [1.82, 2.24) is 5.32 Å². The molecule has 2 atom stereocenters. The van der Waals surface area contributed by atoms with E-state index in [2.05, 4.69) is 56.4 Å². The van der Waals surface area contributed by atoms with Crippen LogP contribution in [-0.4, -0.2) is 18.2 Å². The molecule has 1 heterocycles. The minimum atomic E-state index is 0.101. The Morgan fingerprint density at radius 3 is 2.67 bits per heavy atom. The summed E-state index contributed by atoms with van der Waals surface area (Å²) in [4.78, 5) is 0. The summed E-state index contributed by atoms with van der Waals surface area (Å²) < 4.78 is 6.10. The highest BCUT2D eigenvalue weighted by atomic mass is 16.5. The maximum atomic E-state index is 6.10. The Hall–Kier alpha value is -0.860. The Balaban J connectivity index is 1.80. The second-order valence-corrected chi connectivity index (χ2v) is 6.89. The SMILES string of the molecule is CCCNC(CCCC1CCC(C)(C)O1)c1ccccc1. The lowest BCUT2D eigenvalue weighted by Crippen LogP contribution is -2.23. The van der Waals surface area contributed by atoms with E-state index in [1.165, 1.54) is 44.1 Å². The van der Waals surface area contributed by atoms with E-state index < -0.39 is 0 Å². The smallest absolute Gasteiger partial charge is 0.0631 e. The van der Waals surface area contributed by atoms with Gasteiger partial charge in [0, 0.05) is 6.04 Å². The van der Waals surface area contributed by atoms with Gasteiger partial charge < -0.3 is 10.1 Å². The topological polar surface area (TPSA) is 21.3 Å². The molecule has 0 radical (unpaired) electrons. The van der Waals surface area contributed by atoms with Crippen molar-refractivity contribution in [2.75, 3.05) is 6.54 Å². The van der Waals surface area contributed by atoms with Gasteiger partial charge in [0.1, 0.15) is 0 Å². The summed E-state index contributed by atoms with van der Waals surface area (Å²) in [5.41, 5.74) is 1.52. The van der Waals surface area contributed by atoms with Crippen LogP contribution in [0.25, 0.3) is 0 Å². The van der Waals surface area contributed by atoms with Gasteiger partial charge in [-0.1, -0.05) is 37.3 Å². The monoisotopic (exact) mass is 289 g/mol. The van der Waals surface area contributed by atoms with Crippen molar-refractivity contribution in [3.05, 3.63) is 35.9 Å². The molecule has 1 aliphatic rings. The van der Waals surface area contributed by atoms with Gasteiger partial charge in [0.15, 0.2) is 0 Å². The van der Waals surface area contributed by atoms with Crippen molar-refractivity contribution < 1.29 is 4.74 Å². The molecule has 1 aromatic carbocycles. The van der Waals surface area contributed by atoms with Crippen LogP contribution in [0.4, 0.5) is 0 Å². The van der Waals surface area contributed by atoms with Gasteiger partial charge in [-0.15, -0.1) is 0 Å². The van der Waals surface area contributed by atoms with E-state index in [1.807, 2.05) is 0 Å². The second kappa shape index (κ2) is 7.95. The van der Waals surface area contributed by atoms with E-state index in [9.17, 15) is 0 Å².